The number of nitrogens with zero attached hydrogens (tertiary/aromatic N) is 1. The van der Waals surface area contributed by atoms with Gasteiger partial charge >= 0.3 is 6.09 Å². The Hall–Kier alpha value is -1.08. The zero-order valence-electron chi connectivity index (χ0n) is 18.1. The van der Waals surface area contributed by atoms with E-state index < -0.39 is 19.5 Å². The lowest BCUT2D eigenvalue weighted by Crippen LogP contribution is -2.59. The van der Waals surface area contributed by atoms with Crippen LogP contribution in [0.1, 0.15) is 61.3 Å². The van der Waals surface area contributed by atoms with Gasteiger partial charge in [0.05, 0.1) is 5.60 Å². The van der Waals surface area contributed by atoms with Gasteiger partial charge in [0, 0.05) is 26.6 Å². The molecule has 26 heavy (non-hydrogen) atoms. The second-order valence-electron chi connectivity index (χ2n) is 9.92. The Bertz CT molecular complexity index is 513. The number of ether oxygens (including phenoxy) is 1. The molecule has 152 valence electrons. The van der Waals surface area contributed by atoms with Crippen LogP contribution in [0.25, 0.3) is 0 Å². The second kappa shape index (κ2) is 7.88. The average Bonchev–Trinajstić information content (AvgIpc) is 2.42. The Morgan fingerprint density at radius 3 is 1.96 bits per heavy atom. The van der Waals surface area contributed by atoms with Gasteiger partial charge in [-0.2, -0.15) is 0 Å². The third kappa shape index (κ3) is 6.58. The van der Waals surface area contributed by atoms with Crippen molar-refractivity contribution in [1.29, 1.82) is 0 Å². The first kappa shape index (κ1) is 23.0. The lowest BCUT2D eigenvalue weighted by atomic mass is 9.91. The van der Waals surface area contributed by atoms with Crippen LogP contribution >= 0.6 is 0 Å². The standard InChI is InChI=1S/C19H38N2O4Si/c1-15(22)20-14-19(25-26(8,9)18(5,6)7)10-12-21(13-11-19)16(23)24-17(2,3)4/h10-14H2,1-9H3,(H,20,22). The topological polar surface area (TPSA) is 67.9 Å². The molecular weight excluding hydrogens is 348 g/mol. The lowest BCUT2D eigenvalue weighted by Gasteiger charge is -2.49. The molecule has 1 aliphatic rings. The molecule has 1 fully saturated rings. The predicted molar refractivity (Wildman–Crippen MR) is 107 cm³/mol. The van der Waals surface area contributed by atoms with Crippen molar-refractivity contribution in [2.45, 2.75) is 90.6 Å². The second-order valence-corrected chi connectivity index (χ2v) is 14.6. The molecule has 1 saturated heterocycles. The summed E-state index contributed by atoms with van der Waals surface area (Å²) in [6.45, 7) is 19.8. The van der Waals surface area contributed by atoms with E-state index in [9.17, 15) is 9.59 Å². The fraction of sp³-hybridized carbons (Fsp3) is 0.895. The molecule has 0 unspecified atom stereocenters. The van der Waals surface area contributed by atoms with E-state index in [1.165, 1.54) is 6.92 Å². The van der Waals surface area contributed by atoms with Crippen molar-refractivity contribution >= 4 is 20.3 Å². The number of nitrogens with one attached hydrogen (secondary N) is 1. The highest BCUT2D eigenvalue weighted by Gasteiger charge is 2.46. The van der Waals surface area contributed by atoms with Crippen LogP contribution < -0.4 is 5.32 Å². The number of carbonyl (C=O) groups excluding carboxylic acids is 2. The van der Waals surface area contributed by atoms with Crippen molar-refractivity contribution in [2.75, 3.05) is 19.6 Å². The van der Waals surface area contributed by atoms with Gasteiger partial charge in [0.1, 0.15) is 5.60 Å². The number of rotatable bonds is 4. The molecule has 0 radical (unpaired) electrons. The molecular formula is C19H38N2O4Si. The molecule has 0 aromatic carbocycles. The van der Waals surface area contributed by atoms with Gasteiger partial charge in [-0.25, -0.2) is 4.79 Å². The molecule has 1 aliphatic heterocycles. The van der Waals surface area contributed by atoms with Gasteiger partial charge in [-0.05, 0) is 51.7 Å². The summed E-state index contributed by atoms with van der Waals surface area (Å²) in [4.78, 5) is 25.6. The first-order valence-corrected chi connectivity index (χ1v) is 12.4. The highest BCUT2D eigenvalue weighted by atomic mass is 28.4. The highest BCUT2D eigenvalue weighted by Crippen LogP contribution is 2.41. The van der Waals surface area contributed by atoms with E-state index in [1.54, 1.807) is 4.90 Å². The molecule has 0 aliphatic carbocycles. The summed E-state index contributed by atoms with van der Waals surface area (Å²) in [7, 11) is -2.01. The lowest BCUT2D eigenvalue weighted by molar-refractivity contribution is -0.120. The Morgan fingerprint density at radius 1 is 1.08 bits per heavy atom. The van der Waals surface area contributed by atoms with Crippen LogP contribution in [0.3, 0.4) is 0 Å². The smallest absolute Gasteiger partial charge is 0.410 e. The molecule has 1 heterocycles. The van der Waals surface area contributed by atoms with Crippen molar-refractivity contribution in [2.24, 2.45) is 0 Å². The quantitative estimate of drug-likeness (QED) is 0.744. The van der Waals surface area contributed by atoms with Crippen molar-refractivity contribution in [3.8, 4) is 0 Å². The number of hydrogen-bond donors (Lipinski definition) is 1. The molecule has 1 rings (SSSR count). The number of hydrogen-bond acceptors (Lipinski definition) is 4. The number of amides is 2. The first-order valence-electron chi connectivity index (χ1n) is 9.50. The largest absolute Gasteiger partial charge is 0.444 e. The fourth-order valence-corrected chi connectivity index (χ4v) is 4.38. The van der Waals surface area contributed by atoms with Crippen molar-refractivity contribution in [3.63, 3.8) is 0 Å². The third-order valence-corrected chi connectivity index (χ3v) is 9.82. The minimum Gasteiger partial charge on any atom is -0.444 e. The van der Waals surface area contributed by atoms with E-state index in [1.807, 2.05) is 20.8 Å². The Morgan fingerprint density at radius 2 is 1.58 bits per heavy atom. The van der Waals surface area contributed by atoms with Gasteiger partial charge in [0.15, 0.2) is 8.32 Å². The van der Waals surface area contributed by atoms with E-state index in [0.29, 0.717) is 32.5 Å². The summed E-state index contributed by atoms with van der Waals surface area (Å²) in [5, 5.41) is 3.02. The first-order chi connectivity index (χ1) is 11.6. The summed E-state index contributed by atoms with van der Waals surface area (Å²) in [6.07, 6.45) is 1.11. The number of piperidine rings is 1. The maximum absolute atomic E-state index is 12.3. The van der Waals surface area contributed by atoms with Gasteiger partial charge < -0.3 is 19.4 Å². The Labute approximate surface area is 160 Å². The monoisotopic (exact) mass is 386 g/mol. The van der Waals surface area contributed by atoms with Crippen LogP contribution in [0.2, 0.25) is 18.1 Å². The Kier molecular flexibility index (Phi) is 6.96. The summed E-state index contributed by atoms with van der Waals surface area (Å²) in [5.41, 5.74) is -0.924. The summed E-state index contributed by atoms with van der Waals surface area (Å²) in [6, 6.07) is 0. The Balaban J connectivity index is 2.88. The zero-order valence-corrected chi connectivity index (χ0v) is 19.1. The van der Waals surface area contributed by atoms with Crippen LogP contribution in [0.4, 0.5) is 4.79 Å². The van der Waals surface area contributed by atoms with Crippen molar-refractivity contribution < 1.29 is 18.8 Å². The number of likely N-dealkylation sites (tertiary alicyclic amines) is 1. The molecule has 0 spiro atoms. The normalized spacial score (nSPS) is 18.4. The van der Waals surface area contributed by atoms with Crippen LogP contribution in [-0.4, -0.2) is 56.1 Å². The van der Waals surface area contributed by atoms with Crippen LogP contribution in [0.5, 0.6) is 0 Å². The maximum atomic E-state index is 12.3. The SMILES string of the molecule is CC(=O)NCC1(O[Si](C)(C)C(C)(C)C)CCN(C(=O)OC(C)(C)C)CC1. The summed E-state index contributed by atoms with van der Waals surface area (Å²) < 4.78 is 12.2. The van der Waals surface area contributed by atoms with Gasteiger partial charge in [-0.3, -0.25) is 4.79 Å². The van der Waals surface area contributed by atoms with E-state index >= 15 is 0 Å². The molecule has 0 saturated carbocycles. The van der Waals surface area contributed by atoms with Crippen LogP contribution in [0.15, 0.2) is 0 Å². The van der Waals surface area contributed by atoms with Gasteiger partial charge in [-0.1, -0.05) is 20.8 Å². The highest BCUT2D eigenvalue weighted by molar-refractivity contribution is 6.74. The minimum absolute atomic E-state index is 0.0576. The van der Waals surface area contributed by atoms with Gasteiger partial charge in [0.2, 0.25) is 5.91 Å². The van der Waals surface area contributed by atoms with Crippen molar-refractivity contribution in [1.82, 2.24) is 10.2 Å². The molecule has 0 bridgehead atoms. The maximum Gasteiger partial charge on any atom is 0.410 e. The zero-order chi connectivity index (χ0) is 20.4. The van der Waals surface area contributed by atoms with E-state index in [4.69, 9.17) is 9.16 Å². The predicted octanol–water partition coefficient (Wildman–Crippen LogP) is 3.91. The van der Waals surface area contributed by atoms with Crippen molar-refractivity contribution in [3.05, 3.63) is 0 Å². The third-order valence-electron chi connectivity index (χ3n) is 5.26. The molecule has 6 nitrogen and oxygen atoms in total. The van der Waals surface area contributed by atoms with Crippen LogP contribution in [-0.2, 0) is 14.0 Å². The van der Waals surface area contributed by atoms with Crippen LogP contribution in [0, 0.1) is 0 Å². The molecule has 1 N–H and O–H groups in total. The summed E-state index contributed by atoms with van der Waals surface area (Å²) in [5.74, 6) is -0.0576. The van der Waals surface area contributed by atoms with E-state index in [0.717, 1.165) is 0 Å². The summed E-state index contributed by atoms with van der Waals surface area (Å²) >= 11 is 0. The minimum atomic E-state index is -2.01. The molecule has 0 aromatic heterocycles. The fourth-order valence-electron chi connectivity index (χ4n) is 2.72. The van der Waals surface area contributed by atoms with Gasteiger partial charge in [-0.15, -0.1) is 0 Å². The average molecular weight is 387 g/mol. The van der Waals surface area contributed by atoms with E-state index in [2.05, 4.69) is 39.2 Å². The molecule has 0 atom stereocenters. The van der Waals surface area contributed by atoms with Gasteiger partial charge in [0.25, 0.3) is 0 Å². The number of carbonyl (C=O) groups is 2. The van der Waals surface area contributed by atoms with E-state index in [-0.39, 0.29) is 17.0 Å². The molecule has 0 aromatic rings. The molecule has 2 amide bonds. The molecule has 7 heteroatoms.